The van der Waals surface area contributed by atoms with Crippen LogP contribution >= 0.6 is 0 Å². The molecule has 0 aliphatic rings. The van der Waals surface area contributed by atoms with Gasteiger partial charge in [0.1, 0.15) is 17.3 Å². The van der Waals surface area contributed by atoms with Crippen LogP contribution in [-0.2, 0) is 11.2 Å². The Morgan fingerprint density at radius 2 is 1.83 bits per heavy atom. The van der Waals surface area contributed by atoms with Gasteiger partial charge in [-0.2, -0.15) is 0 Å². The molecule has 0 unspecified atom stereocenters. The molecule has 0 spiro atoms. The van der Waals surface area contributed by atoms with Gasteiger partial charge in [0.2, 0.25) is 0 Å². The van der Waals surface area contributed by atoms with Crippen molar-refractivity contribution >= 4 is 5.78 Å². The third-order valence-electron chi connectivity index (χ3n) is 2.99. The maximum Gasteiger partial charge on any atom is 0.130 e. The molecule has 0 bridgehead atoms. The van der Waals surface area contributed by atoms with Crippen LogP contribution in [-0.4, -0.2) is 24.5 Å². The summed E-state index contributed by atoms with van der Waals surface area (Å²) in [6, 6.07) is 3.83. The van der Waals surface area contributed by atoms with Gasteiger partial charge in [-0.1, -0.05) is 40.0 Å². The number of nitrogens with one attached hydrogen (secondary N) is 1. The molecule has 0 aliphatic heterocycles. The second kappa shape index (κ2) is 16.9. The number of carbonyl (C=O) groups is 1. The molecule has 134 valence electrons. The Kier molecular flexibility index (Phi) is 17.6. The van der Waals surface area contributed by atoms with Crippen molar-refractivity contribution in [2.45, 2.75) is 66.2 Å². The van der Waals surface area contributed by atoms with Crippen molar-refractivity contribution in [3.05, 3.63) is 29.6 Å². The van der Waals surface area contributed by atoms with Gasteiger partial charge in [-0.25, -0.2) is 4.39 Å². The van der Waals surface area contributed by atoms with E-state index in [-0.39, 0.29) is 11.5 Å². The topological polar surface area (TPSA) is 49.3 Å². The number of ketones is 1. The molecule has 0 fully saturated rings. The Hall–Kier alpha value is -1.42. The number of phenols is 1. The zero-order chi connectivity index (χ0) is 18.1. The zero-order valence-corrected chi connectivity index (χ0v) is 15.4. The van der Waals surface area contributed by atoms with Crippen molar-refractivity contribution < 1.29 is 14.3 Å². The fourth-order valence-electron chi connectivity index (χ4n) is 1.83. The SMILES string of the molecule is CC.CC(=O)CCc1cc(O)cc(F)c1.CCCCCCNC. The number of hydrogen-bond acceptors (Lipinski definition) is 3. The molecule has 0 atom stereocenters. The first-order valence-electron chi connectivity index (χ1n) is 8.62. The van der Waals surface area contributed by atoms with E-state index >= 15 is 0 Å². The maximum absolute atomic E-state index is 12.7. The van der Waals surface area contributed by atoms with E-state index < -0.39 is 5.82 Å². The molecule has 1 aromatic carbocycles. The lowest BCUT2D eigenvalue weighted by molar-refractivity contribution is -0.116. The number of halogens is 1. The summed E-state index contributed by atoms with van der Waals surface area (Å²) < 4.78 is 12.7. The first kappa shape index (κ1) is 23.8. The predicted octanol–water partition coefficient (Wildman–Crippen LogP) is 4.87. The Bertz CT molecular complexity index is 382. The maximum atomic E-state index is 12.7. The van der Waals surface area contributed by atoms with Crippen LogP contribution in [0, 0.1) is 5.82 Å². The van der Waals surface area contributed by atoms with Crippen molar-refractivity contribution in [1.29, 1.82) is 0 Å². The highest BCUT2D eigenvalue weighted by atomic mass is 19.1. The summed E-state index contributed by atoms with van der Waals surface area (Å²) in [6.07, 6.45) is 6.30. The summed E-state index contributed by atoms with van der Waals surface area (Å²) in [5.41, 5.74) is 0.646. The highest BCUT2D eigenvalue weighted by Crippen LogP contribution is 2.15. The van der Waals surface area contributed by atoms with Gasteiger partial charge in [0.25, 0.3) is 0 Å². The minimum Gasteiger partial charge on any atom is -0.508 e. The molecule has 2 N–H and O–H groups in total. The Balaban J connectivity index is 0. The number of benzene rings is 1. The van der Waals surface area contributed by atoms with E-state index in [1.165, 1.54) is 51.3 Å². The number of hydrogen-bond donors (Lipinski definition) is 2. The number of carbonyl (C=O) groups excluding carboxylic acids is 1. The average Bonchev–Trinajstić information content (AvgIpc) is 2.51. The molecule has 1 rings (SSSR count). The van der Waals surface area contributed by atoms with Gasteiger partial charge in [-0.15, -0.1) is 0 Å². The van der Waals surface area contributed by atoms with Crippen molar-refractivity contribution in [3.8, 4) is 5.75 Å². The molecule has 0 heterocycles. The molecule has 1 aromatic rings. The summed E-state index contributed by atoms with van der Waals surface area (Å²) in [5.74, 6) is -0.513. The summed E-state index contributed by atoms with van der Waals surface area (Å²) in [7, 11) is 2.01. The lowest BCUT2D eigenvalue weighted by Crippen LogP contribution is -2.06. The van der Waals surface area contributed by atoms with Crippen molar-refractivity contribution in [2.24, 2.45) is 0 Å². The number of rotatable bonds is 8. The quantitative estimate of drug-likeness (QED) is 0.670. The van der Waals surface area contributed by atoms with Crippen molar-refractivity contribution in [3.63, 3.8) is 0 Å². The predicted molar refractivity (Wildman–Crippen MR) is 96.5 cm³/mol. The number of aromatic hydroxyl groups is 1. The van der Waals surface area contributed by atoms with Gasteiger partial charge in [0.15, 0.2) is 0 Å². The summed E-state index contributed by atoms with van der Waals surface area (Å²) in [6.45, 7) is 8.90. The van der Waals surface area contributed by atoms with Crippen LogP contribution in [0.4, 0.5) is 4.39 Å². The smallest absolute Gasteiger partial charge is 0.130 e. The van der Waals surface area contributed by atoms with E-state index in [1.807, 2.05) is 20.9 Å². The first-order chi connectivity index (χ1) is 11.0. The van der Waals surface area contributed by atoms with Crippen LogP contribution in [0.3, 0.4) is 0 Å². The third-order valence-corrected chi connectivity index (χ3v) is 2.99. The molecular formula is C19H34FNO2. The standard InChI is InChI=1S/C10H11FO2.C7H17N.C2H6/c1-7(12)2-3-8-4-9(11)6-10(13)5-8;1-3-4-5-6-7-8-2;1-2/h4-6,13H,2-3H2,1H3;8H,3-7H2,1-2H3;1-2H3. The van der Waals surface area contributed by atoms with Crippen LogP contribution in [0.1, 0.15) is 65.4 Å². The minimum atomic E-state index is -0.474. The highest BCUT2D eigenvalue weighted by Gasteiger charge is 2.01. The van der Waals surface area contributed by atoms with Crippen LogP contribution in [0.5, 0.6) is 5.75 Å². The molecule has 23 heavy (non-hydrogen) atoms. The van der Waals surface area contributed by atoms with Gasteiger partial charge in [0.05, 0.1) is 0 Å². The van der Waals surface area contributed by atoms with Gasteiger partial charge >= 0.3 is 0 Å². The van der Waals surface area contributed by atoms with E-state index in [0.717, 1.165) is 6.07 Å². The van der Waals surface area contributed by atoms with E-state index in [9.17, 15) is 9.18 Å². The third kappa shape index (κ3) is 16.8. The van der Waals surface area contributed by atoms with Gasteiger partial charge in [-0.05, 0) is 51.1 Å². The van der Waals surface area contributed by atoms with E-state index in [0.29, 0.717) is 18.4 Å². The number of Topliss-reactive ketones (excluding diaryl/α,β-unsaturated/α-hetero) is 1. The average molecular weight is 327 g/mol. The highest BCUT2D eigenvalue weighted by molar-refractivity contribution is 5.75. The summed E-state index contributed by atoms with van der Waals surface area (Å²) >= 11 is 0. The monoisotopic (exact) mass is 327 g/mol. The fraction of sp³-hybridized carbons (Fsp3) is 0.632. The van der Waals surface area contributed by atoms with Gasteiger partial charge in [-0.3, -0.25) is 0 Å². The molecule has 0 saturated carbocycles. The Morgan fingerprint density at radius 1 is 1.17 bits per heavy atom. The van der Waals surface area contributed by atoms with Crippen LogP contribution < -0.4 is 5.32 Å². The minimum absolute atomic E-state index is 0.0590. The van der Waals surface area contributed by atoms with Crippen LogP contribution in [0.25, 0.3) is 0 Å². The van der Waals surface area contributed by atoms with Gasteiger partial charge in [0, 0.05) is 12.5 Å². The second-order valence-electron chi connectivity index (χ2n) is 5.18. The number of unbranched alkanes of at least 4 members (excludes halogenated alkanes) is 3. The molecular weight excluding hydrogens is 293 g/mol. The summed E-state index contributed by atoms with van der Waals surface area (Å²) in [5, 5.41) is 12.2. The van der Waals surface area contributed by atoms with Crippen LogP contribution in [0.2, 0.25) is 0 Å². The Morgan fingerprint density at radius 3 is 2.30 bits per heavy atom. The zero-order valence-electron chi connectivity index (χ0n) is 15.4. The van der Waals surface area contributed by atoms with E-state index in [1.54, 1.807) is 0 Å². The summed E-state index contributed by atoms with van der Waals surface area (Å²) in [4.78, 5) is 10.6. The largest absolute Gasteiger partial charge is 0.508 e. The molecule has 0 radical (unpaired) electrons. The second-order valence-corrected chi connectivity index (χ2v) is 5.18. The molecule has 0 saturated heterocycles. The molecule has 3 nitrogen and oxygen atoms in total. The van der Waals surface area contributed by atoms with E-state index in [2.05, 4.69) is 12.2 Å². The number of phenolic OH excluding ortho intramolecular Hbond substituents is 1. The van der Waals surface area contributed by atoms with Crippen LogP contribution in [0.15, 0.2) is 18.2 Å². The normalized spacial score (nSPS) is 9.30. The van der Waals surface area contributed by atoms with E-state index in [4.69, 9.17) is 5.11 Å². The lowest BCUT2D eigenvalue weighted by atomic mass is 10.1. The fourth-order valence-corrected chi connectivity index (χ4v) is 1.83. The molecule has 0 aliphatic carbocycles. The molecule has 0 aromatic heterocycles. The van der Waals surface area contributed by atoms with Crippen molar-refractivity contribution in [1.82, 2.24) is 5.32 Å². The van der Waals surface area contributed by atoms with Crippen molar-refractivity contribution in [2.75, 3.05) is 13.6 Å². The van der Waals surface area contributed by atoms with Gasteiger partial charge < -0.3 is 15.2 Å². The molecule has 0 amide bonds. The molecule has 4 heteroatoms. The number of aryl methyl sites for hydroxylation is 1. The lowest BCUT2D eigenvalue weighted by Gasteiger charge is -2.00. The Labute approximate surface area is 141 Å². The first-order valence-corrected chi connectivity index (χ1v) is 8.62.